The molecule has 1 aliphatic rings. The van der Waals surface area contributed by atoms with Crippen molar-refractivity contribution in [1.29, 1.82) is 0 Å². The second kappa shape index (κ2) is 5.32. The van der Waals surface area contributed by atoms with E-state index in [9.17, 15) is 4.79 Å². The SMILES string of the molecule is Cc1cc[n+]([C@H](C)C(=O)N2c3ccccc3C[C@H]2C)cc1. The lowest BCUT2D eigenvalue weighted by molar-refractivity contribution is -0.705. The molecule has 0 unspecified atom stereocenters. The summed E-state index contributed by atoms with van der Waals surface area (Å²) in [5.74, 6) is 0.154. The first-order valence-corrected chi connectivity index (χ1v) is 7.46. The number of para-hydroxylation sites is 1. The van der Waals surface area contributed by atoms with Crippen LogP contribution in [0, 0.1) is 6.92 Å². The quantitative estimate of drug-likeness (QED) is 0.777. The van der Waals surface area contributed by atoms with E-state index in [0.717, 1.165) is 12.1 Å². The molecule has 0 spiro atoms. The highest BCUT2D eigenvalue weighted by atomic mass is 16.2. The van der Waals surface area contributed by atoms with E-state index >= 15 is 0 Å². The average molecular weight is 281 g/mol. The zero-order valence-corrected chi connectivity index (χ0v) is 12.8. The number of nitrogens with zero attached hydrogens (tertiary/aromatic N) is 2. The van der Waals surface area contributed by atoms with Gasteiger partial charge in [-0.15, -0.1) is 0 Å². The molecule has 1 aromatic carbocycles. The summed E-state index contributed by atoms with van der Waals surface area (Å²) in [5.41, 5.74) is 3.53. The minimum absolute atomic E-state index is 0.154. The number of carbonyl (C=O) groups excluding carboxylic acids is 1. The predicted octanol–water partition coefficient (Wildman–Crippen LogP) is 2.82. The van der Waals surface area contributed by atoms with E-state index in [1.54, 1.807) is 0 Å². The molecule has 3 rings (SSSR count). The number of rotatable bonds is 2. The molecule has 0 saturated carbocycles. The molecule has 108 valence electrons. The summed E-state index contributed by atoms with van der Waals surface area (Å²) in [5, 5.41) is 0. The van der Waals surface area contributed by atoms with Gasteiger partial charge in [0.05, 0.1) is 0 Å². The summed E-state index contributed by atoms with van der Waals surface area (Å²) >= 11 is 0. The third-order valence-electron chi connectivity index (χ3n) is 4.27. The van der Waals surface area contributed by atoms with Crippen LogP contribution in [0.3, 0.4) is 0 Å². The van der Waals surface area contributed by atoms with Crippen LogP contribution in [0.2, 0.25) is 0 Å². The van der Waals surface area contributed by atoms with Crippen LogP contribution in [0.4, 0.5) is 5.69 Å². The Labute approximate surface area is 125 Å². The lowest BCUT2D eigenvalue weighted by Gasteiger charge is -2.23. The third-order valence-corrected chi connectivity index (χ3v) is 4.27. The number of pyridine rings is 1. The second-order valence-corrected chi connectivity index (χ2v) is 5.89. The maximum absolute atomic E-state index is 12.9. The maximum atomic E-state index is 12.9. The van der Waals surface area contributed by atoms with Crippen LogP contribution in [0.1, 0.15) is 31.0 Å². The second-order valence-electron chi connectivity index (χ2n) is 5.89. The van der Waals surface area contributed by atoms with Gasteiger partial charge >= 0.3 is 0 Å². The van der Waals surface area contributed by atoms with E-state index in [1.165, 1.54) is 11.1 Å². The van der Waals surface area contributed by atoms with Crippen LogP contribution in [0.15, 0.2) is 48.8 Å². The fourth-order valence-corrected chi connectivity index (χ4v) is 3.00. The zero-order chi connectivity index (χ0) is 15.0. The third kappa shape index (κ3) is 2.44. The van der Waals surface area contributed by atoms with E-state index in [0.29, 0.717) is 0 Å². The number of benzene rings is 1. The standard InChI is InChI=1S/C18H21N2O/c1-13-8-10-19(11-9-13)15(3)18(21)20-14(2)12-16-6-4-5-7-17(16)20/h4-11,14-15H,12H2,1-3H3/q+1/t14-,15-/m1/s1. The molecule has 1 aromatic heterocycles. The van der Waals surface area contributed by atoms with E-state index in [2.05, 4.69) is 19.9 Å². The van der Waals surface area contributed by atoms with Gasteiger partial charge in [-0.3, -0.25) is 4.79 Å². The summed E-state index contributed by atoms with van der Waals surface area (Å²) in [4.78, 5) is 14.9. The predicted molar refractivity (Wildman–Crippen MR) is 83.2 cm³/mol. The van der Waals surface area contributed by atoms with Crippen molar-refractivity contribution in [2.45, 2.75) is 39.3 Å². The number of aryl methyl sites for hydroxylation is 1. The molecule has 0 N–H and O–H groups in total. The normalized spacial score (nSPS) is 18.4. The summed E-state index contributed by atoms with van der Waals surface area (Å²) in [6.07, 6.45) is 4.89. The monoisotopic (exact) mass is 281 g/mol. The Balaban J connectivity index is 1.90. The Hall–Kier alpha value is -2.16. The minimum Gasteiger partial charge on any atom is -0.303 e. The van der Waals surface area contributed by atoms with E-state index in [1.807, 2.05) is 59.1 Å². The Morgan fingerprint density at radius 1 is 1.24 bits per heavy atom. The highest BCUT2D eigenvalue weighted by Gasteiger charge is 2.36. The van der Waals surface area contributed by atoms with Gasteiger partial charge in [-0.25, -0.2) is 0 Å². The van der Waals surface area contributed by atoms with E-state index < -0.39 is 0 Å². The molecular weight excluding hydrogens is 260 g/mol. The van der Waals surface area contributed by atoms with Crippen molar-refractivity contribution < 1.29 is 9.36 Å². The van der Waals surface area contributed by atoms with Crippen molar-refractivity contribution in [3.63, 3.8) is 0 Å². The van der Waals surface area contributed by atoms with E-state index in [4.69, 9.17) is 0 Å². The van der Waals surface area contributed by atoms with Crippen molar-refractivity contribution in [2.75, 3.05) is 4.90 Å². The molecule has 0 aliphatic carbocycles. The van der Waals surface area contributed by atoms with Crippen LogP contribution in [-0.2, 0) is 11.2 Å². The smallest absolute Gasteiger partial charge is 0.296 e. The number of carbonyl (C=O) groups is 1. The molecular formula is C18H21N2O+. The topological polar surface area (TPSA) is 24.2 Å². The fraction of sp³-hybridized carbons (Fsp3) is 0.333. The van der Waals surface area contributed by atoms with E-state index in [-0.39, 0.29) is 18.0 Å². The summed E-state index contributed by atoms with van der Waals surface area (Å²) in [6.45, 7) is 6.13. The van der Waals surface area contributed by atoms with Crippen molar-refractivity contribution in [2.24, 2.45) is 0 Å². The first-order valence-electron chi connectivity index (χ1n) is 7.46. The van der Waals surface area contributed by atoms with Gasteiger partial charge in [-0.05, 0) is 37.5 Å². The van der Waals surface area contributed by atoms with Crippen molar-refractivity contribution in [3.05, 3.63) is 59.9 Å². The summed E-state index contributed by atoms with van der Waals surface area (Å²) < 4.78 is 1.98. The molecule has 0 saturated heterocycles. The Morgan fingerprint density at radius 2 is 1.90 bits per heavy atom. The molecule has 1 aliphatic heterocycles. The van der Waals surface area contributed by atoms with Crippen LogP contribution in [0.5, 0.6) is 0 Å². The first kappa shape index (κ1) is 13.8. The molecule has 2 aromatic rings. The van der Waals surface area contributed by atoms with Crippen molar-refractivity contribution in [1.82, 2.24) is 0 Å². The van der Waals surface area contributed by atoms with Crippen molar-refractivity contribution in [3.8, 4) is 0 Å². The first-order chi connectivity index (χ1) is 10.1. The molecule has 1 amide bonds. The lowest BCUT2D eigenvalue weighted by atomic mass is 10.1. The molecule has 0 radical (unpaired) electrons. The molecule has 21 heavy (non-hydrogen) atoms. The Kier molecular flexibility index (Phi) is 3.50. The maximum Gasteiger partial charge on any atom is 0.296 e. The zero-order valence-electron chi connectivity index (χ0n) is 12.8. The largest absolute Gasteiger partial charge is 0.303 e. The van der Waals surface area contributed by atoms with Gasteiger partial charge in [0.1, 0.15) is 0 Å². The van der Waals surface area contributed by atoms with Gasteiger partial charge in [0.15, 0.2) is 12.4 Å². The average Bonchev–Trinajstić information content (AvgIpc) is 2.82. The van der Waals surface area contributed by atoms with Crippen LogP contribution < -0.4 is 9.47 Å². The van der Waals surface area contributed by atoms with Gasteiger partial charge in [0.25, 0.3) is 5.91 Å². The lowest BCUT2D eigenvalue weighted by Crippen LogP contribution is -2.49. The van der Waals surface area contributed by atoms with Crippen LogP contribution in [-0.4, -0.2) is 11.9 Å². The highest BCUT2D eigenvalue weighted by Crippen LogP contribution is 2.32. The van der Waals surface area contributed by atoms with Gasteiger partial charge in [-0.1, -0.05) is 18.2 Å². The number of hydrogen-bond donors (Lipinski definition) is 0. The molecule has 2 heterocycles. The number of aromatic nitrogens is 1. The minimum atomic E-state index is -0.195. The van der Waals surface area contributed by atoms with Gasteiger partial charge in [0, 0.05) is 30.8 Å². The molecule has 3 heteroatoms. The highest BCUT2D eigenvalue weighted by molar-refractivity contribution is 5.97. The summed E-state index contributed by atoms with van der Waals surface area (Å²) in [7, 11) is 0. The molecule has 0 fully saturated rings. The van der Waals surface area contributed by atoms with Gasteiger partial charge in [0.2, 0.25) is 6.04 Å². The number of anilines is 1. The number of amides is 1. The Morgan fingerprint density at radius 3 is 2.62 bits per heavy atom. The van der Waals surface area contributed by atoms with Crippen LogP contribution >= 0.6 is 0 Å². The van der Waals surface area contributed by atoms with Crippen LogP contribution in [0.25, 0.3) is 0 Å². The Bertz CT molecular complexity index is 663. The van der Waals surface area contributed by atoms with Crippen molar-refractivity contribution >= 4 is 11.6 Å². The molecule has 0 bridgehead atoms. The number of hydrogen-bond acceptors (Lipinski definition) is 1. The number of fused-ring (bicyclic) bond motifs is 1. The molecule has 2 atom stereocenters. The van der Waals surface area contributed by atoms with Gasteiger partial charge < -0.3 is 4.90 Å². The van der Waals surface area contributed by atoms with Gasteiger partial charge in [-0.2, -0.15) is 4.57 Å². The molecule has 3 nitrogen and oxygen atoms in total. The summed E-state index contributed by atoms with van der Waals surface area (Å²) in [6, 6.07) is 12.3. The fourth-order valence-electron chi connectivity index (χ4n) is 3.00.